The summed E-state index contributed by atoms with van der Waals surface area (Å²) in [5.41, 5.74) is 0.691. The van der Waals surface area contributed by atoms with Crippen LogP contribution in [0.2, 0.25) is 0 Å². The number of benzene rings is 1. The number of rotatable bonds is 5. The van der Waals surface area contributed by atoms with E-state index in [1.165, 1.54) is 9.47 Å². The minimum atomic E-state index is -0.684. The van der Waals surface area contributed by atoms with Crippen LogP contribution >= 0.6 is 0 Å². The van der Waals surface area contributed by atoms with Crippen LogP contribution in [0.3, 0.4) is 0 Å². The van der Waals surface area contributed by atoms with E-state index in [1.807, 2.05) is 12.1 Å². The molecule has 0 aliphatic carbocycles. The second-order valence-corrected chi connectivity index (χ2v) is 4.45. The van der Waals surface area contributed by atoms with Crippen LogP contribution < -0.4 is 5.76 Å². The summed E-state index contributed by atoms with van der Waals surface area (Å²) in [6.45, 7) is 0.143. The van der Waals surface area contributed by atoms with Crippen molar-refractivity contribution < 1.29 is 9.32 Å². The number of nitriles is 1. The predicted octanol–water partition coefficient (Wildman–Crippen LogP) is 0.875. The zero-order valence-electron chi connectivity index (χ0n) is 11.5. The van der Waals surface area contributed by atoms with Crippen molar-refractivity contribution >= 4 is 5.91 Å². The van der Waals surface area contributed by atoms with Crippen LogP contribution in [0, 0.1) is 11.3 Å². The van der Waals surface area contributed by atoms with Crippen molar-refractivity contribution in [2.75, 3.05) is 13.6 Å². The van der Waals surface area contributed by atoms with Crippen LogP contribution in [-0.4, -0.2) is 34.1 Å². The Kier molecular flexibility index (Phi) is 4.51. The van der Waals surface area contributed by atoms with E-state index in [4.69, 9.17) is 5.26 Å². The number of aromatic nitrogens is 2. The molecule has 1 aromatic heterocycles. The Morgan fingerprint density at radius 1 is 1.43 bits per heavy atom. The molecule has 1 amide bonds. The summed E-state index contributed by atoms with van der Waals surface area (Å²) in [7, 11) is 1.58. The largest absolute Gasteiger partial charge is 0.442 e. The smallest absolute Gasteiger partial charge is 0.343 e. The van der Waals surface area contributed by atoms with Crippen LogP contribution in [0.15, 0.2) is 39.6 Å². The molecule has 1 aromatic carbocycles. The Hall–Kier alpha value is -2.88. The standard InChI is InChI=1S/C14H14N4O3/c1-17(9-5-8-15)12(19)10-18-13(16-21-14(18)20)11-6-3-2-4-7-11/h2-4,6-7H,5,9-10H2,1H3. The van der Waals surface area contributed by atoms with Gasteiger partial charge in [0.15, 0.2) is 5.82 Å². The second kappa shape index (κ2) is 6.52. The fourth-order valence-corrected chi connectivity index (χ4v) is 1.80. The third-order valence-corrected chi connectivity index (χ3v) is 3.00. The molecule has 0 unspecified atom stereocenters. The summed E-state index contributed by atoms with van der Waals surface area (Å²) < 4.78 is 5.83. The highest BCUT2D eigenvalue weighted by molar-refractivity contribution is 5.76. The molecule has 0 bridgehead atoms. The quantitative estimate of drug-likeness (QED) is 0.813. The maximum atomic E-state index is 12.0. The molecule has 0 aliphatic heterocycles. The number of amides is 1. The van der Waals surface area contributed by atoms with Gasteiger partial charge in [-0.3, -0.25) is 9.32 Å². The molecule has 2 aromatic rings. The van der Waals surface area contributed by atoms with Gasteiger partial charge in [-0.2, -0.15) is 5.26 Å². The van der Waals surface area contributed by atoms with Crippen molar-refractivity contribution in [2.24, 2.45) is 0 Å². The first-order chi connectivity index (χ1) is 10.1. The van der Waals surface area contributed by atoms with Gasteiger partial charge in [0, 0.05) is 19.2 Å². The molecule has 108 valence electrons. The van der Waals surface area contributed by atoms with Gasteiger partial charge in [0.2, 0.25) is 5.91 Å². The molecule has 7 heteroatoms. The molecule has 0 N–H and O–H groups in total. The van der Waals surface area contributed by atoms with Crippen LogP contribution in [0.1, 0.15) is 6.42 Å². The summed E-state index contributed by atoms with van der Waals surface area (Å²) in [6, 6.07) is 11.0. The molecular formula is C14H14N4O3. The van der Waals surface area contributed by atoms with E-state index in [1.54, 1.807) is 31.3 Å². The lowest BCUT2D eigenvalue weighted by molar-refractivity contribution is -0.130. The van der Waals surface area contributed by atoms with E-state index >= 15 is 0 Å². The van der Waals surface area contributed by atoms with Gasteiger partial charge in [-0.15, -0.1) is 0 Å². The van der Waals surface area contributed by atoms with E-state index < -0.39 is 5.76 Å². The van der Waals surface area contributed by atoms with Gasteiger partial charge in [0.25, 0.3) is 0 Å². The van der Waals surface area contributed by atoms with Crippen molar-refractivity contribution in [1.29, 1.82) is 5.26 Å². The van der Waals surface area contributed by atoms with E-state index in [-0.39, 0.29) is 18.9 Å². The minimum Gasteiger partial charge on any atom is -0.343 e. The molecule has 0 aliphatic rings. The molecule has 21 heavy (non-hydrogen) atoms. The van der Waals surface area contributed by atoms with Gasteiger partial charge in [-0.05, 0) is 0 Å². The maximum Gasteiger partial charge on any atom is 0.442 e. The van der Waals surface area contributed by atoms with Gasteiger partial charge in [-0.1, -0.05) is 35.5 Å². The molecule has 7 nitrogen and oxygen atoms in total. The lowest BCUT2D eigenvalue weighted by Crippen LogP contribution is -2.33. The summed E-state index contributed by atoms with van der Waals surface area (Å²) in [4.78, 5) is 25.1. The fraction of sp³-hybridized carbons (Fsp3) is 0.286. The summed E-state index contributed by atoms with van der Waals surface area (Å²) >= 11 is 0. The van der Waals surface area contributed by atoms with Gasteiger partial charge in [0.05, 0.1) is 12.5 Å². The third kappa shape index (κ3) is 3.36. The van der Waals surface area contributed by atoms with E-state index in [2.05, 4.69) is 9.68 Å². The molecule has 1 heterocycles. The second-order valence-electron chi connectivity index (χ2n) is 4.45. The Bertz CT molecular complexity index is 712. The molecule has 0 radical (unpaired) electrons. The monoisotopic (exact) mass is 286 g/mol. The van der Waals surface area contributed by atoms with Crippen molar-refractivity contribution in [3.63, 3.8) is 0 Å². The first kappa shape index (κ1) is 14.5. The minimum absolute atomic E-state index is 0.172. The number of carbonyl (C=O) groups is 1. The fourth-order valence-electron chi connectivity index (χ4n) is 1.80. The van der Waals surface area contributed by atoms with Crippen molar-refractivity contribution in [2.45, 2.75) is 13.0 Å². The Balaban J connectivity index is 2.22. The normalized spacial score (nSPS) is 10.1. The molecule has 0 saturated heterocycles. The highest BCUT2D eigenvalue weighted by Crippen LogP contribution is 2.14. The van der Waals surface area contributed by atoms with Crippen LogP contribution in [0.5, 0.6) is 0 Å². The number of likely N-dealkylation sites (N-methyl/N-ethyl adjacent to an activating group) is 1. The number of hydrogen-bond donors (Lipinski definition) is 0. The van der Waals surface area contributed by atoms with Gasteiger partial charge >= 0.3 is 5.76 Å². The Morgan fingerprint density at radius 2 is 2.14 bits per heavy atom. The first-order valence-electron chi connectivity index (χ1n) is 6.36. The zero-order chi connectivity index (χ0) is 15.2. The van der Waals surface area contributed by atoms with Crippen LogP contribution in [0.4, 0.5) is 0 Å². The van der Waals surface area contributed by atoms with Gasteiger partial charge < -0.3 is 4.90 Å². The highest BCUT2D eigenvalue weighted by atomic mass is 16.5. The van der Waals surface area contributed by atoms with Crippen LogP contribution in [-0.2, 0) is 11.3 Å². The summed E-state index contributed by atoms with van der Waals surface area (Å²) in [5.74, 6) is -0.661. The van der Waals surface area contributed by atoms with Crippen molar-refractivity contribution in [1.82, 2.24) is 14.6 Å². The topological polar surface area (TPSA) is 92.1 Å². The van der Waals surface area contributed by atoms with E-state index in [0.29, 0.717) is 17.9 Å². The molecular weight excluding hydrogens is 272 g/mol. The lowest BCUT2D eigenvalue weighted by atomic mass is 10.2. The maximum absolute atomic E-state index is 12.0. The average molecular weight is 286 g/mol. The molecule has 0 spiro atoms. The SMILES string of the molecule is CN(CCC#N)C(=O)Cn1c(-c2ccccc2)noc1=O. The number of carbonyl (C=O) groups excluding carboxylic acids is 1. The molecule has 0 atom stereocenters. The summed E-state index contributed by atoms with van der Waals surface area (Å²) in [5, 5.41) is 12.2. The van der Waals surface area contributed by atoms with E-state index in [9.17, 15) is 9.59 Å². The first-order valence-corrected chi connectivity index (χ1v) is 6.36. The van der Waals surface area contributed by atoms with Crippen molar-refractivity contribution in [3.8, 4) is 17.5 Å². The van der Waals surface area contributed by atoms with Gasteiger partial charge in [0.1, 0.15) is 6.54 Å². The average Bonchev–Trinajstić information content (AvgIpc) is 2.86. The Labute approximate surface area is 121 Å². The van der Waals surface area contributed by atoms with E-state index in [0.717, 1.165) is 0 Å². The number of nitrogens with zero attached hydrogens (tertiary/aromatic N) is 4. The zero-order valence-corrected chi connectivity index (χ0v) is 11.5. The third-order valence-electron chi connectivity index (χ3n) is 3.00. The van der Waals surface area contributed by atoms with Gasteiger partial charge in [-0.25, -0.2) is 9.36 Å². The number of hydrogen-bond acceptors (Lipinski definition) is 5. The lowest BCUT2D eigenvalue weighted by Gasteiger charge is -2.15. The highest BCUT2D eigenvalue weighted by Gasteiger charge is 2.17. The molecule has 0 fully saturated rings. The Morgan fingerprint density at radius 3 is 2.81 bits per heavy atom. The predicted molar refractivity (Wildman–Crippen MR) is 74.1 cm³/mol. The summed E-state index contributed by atoms with van der Waals surface area (Å²) in [6.07, 6.45) is 0.242. The van der Waals surface area contributed by atoms with Crippen LogP contribution in [0.25, 0.3) is 11.4 Å². The molecule has 2 rings (SSSR count). The van der Waals surface area contributed by atoms with Crippen molar-refractivity contribution in [3.05, 3.63) is 40.9 Å². The molecule has 0 saturated carbocycles.